The van der Waals surface area contributed by atoms with E-state index in [1.165, 1.54) is 0 Å². The van der Waals surface area contributed by atoms with Crippen molar-refractivity contribution in [3.05, 3.63) is 33.6 Å². The lowest BCUT2D eigenvalue weighted by atomic mass is 9.82. The van der Waals surface area contributed by atoms with Crippen LogP contribution < -0.4 is 5.73 Å². The molecule has 0 aliphatic carbocycles. The Morgan fingerprint density at radius 3 is 2.24 bits per heavy atom. The third kappa shape index (κ3) is 2.90. The summed E-state index contributed by atoms with van der Waals surface area (Å²) in [5, 5.41) is 4.15. The number of nitrogens with two attached hydrogens (primary N) is 1. The van der Waals surface area contributed by atoms with Crippen LogP contribution in [-0.4, -0.2) is 16.7 Å². The van der Waals surface area contributed by atoms with E-state index >= 15 is 0 Å². The maximum Gasteiger partial charge on any atom is 0.234 e. The van der Waals surface area contributed by atoms with Crippen molar-refractivity contribution < 1.29 is 4.52 Å². The van der Waals surface area contributed by atoms with Crippen LogP contribution in [0.2, 0.25) is 0 Å². The van der Waals surface area contributed by atoms with Crippen LogP contribution >= 0.6 is 15.9 Å². The summed E-state index contributed by atoms with van der Waals surface area (Å²) < 4.78 is 6.63. The van der Waals surface area contributed by atoms with Gasteiger partial charge in [0.25, 0.3) is 0 Å². The molecule has 5 heteroatoms. The second-order valence-electron chi connectivity index (χ2n) is 5.54. The number of rotatable bonds is 5. The van der Waals surface area contributed by atoms with Crippen LogP contribution in [0.5, 0.6) is 0 Å². The summed E-state index contributed by atoms with van der Waals surface area (Å²) in [5.74, 6) is 1.27. The molecule has 0 saturated heterocycles. The smallest absolute Gasteiger partial charge is 0.234 e. The number of nitrogens with zero attached hydrogens (tertiary/aromatic N) is 2. The van der Waals surface area contributed by atoms with Crippen LogP contribution in [0.15, 0.2) is 21.1 Å². The zero-order valence-corrected chi connectivity index (χ0v) is 14.6. The van der Waals surface area contributed by atoms with Crippen LogP contribution in [-0.2, 0) is 5.41 Å². The average molecular weight is 352 g/mol. The minimum atomic E-state index is -0.218. The molecular formula is C16H22BrN3O. The van der Waals surface area contributed by atoms with Gasteiger partial charge in [-0.1, -0.05) is 34.9 Å². The highest BCUT2D eigenvalue weighted by atomic mass is 79.9. The molecule has 0 unspecified atom stereocenters. The minimum absolute atomic E-state index is 0.218. The van der Waals surface area contributed by atoms with E-state index in [9.17, 15) is 0 Å². The van der Waals surface area contributed by atoms with E-state index in [0.717, 1.165) is 34.0 Å². The molecule has 0 bridgehead atoms. The molecule has 0 saturated carbocycles. The van der Waals surface area contributed by atoms with Crippen LogP contribution in [0.1, 0.15) is 43.7 Å². The predicted molar refractivity (Wildman–Crippen MR) is 88.2 cm³/mol. The monoisotopic (exact) mass is 351 g/mol. The highest BCUT2D eigenvalue weighted by molar-refractivity contribution is 9.10. The molecule has 1 aromatic carbocycles. The number of aromatic nitrogens is 2. The molecule has 0 atom stereocenters. The Bertz CT molecular complexity index is 601. The topological polar surface area (TPSA) is 64.9 Å². The van der Waals surface area contributed by atoms with Crippen molar-refractivity contribution in [2.24, 2.45) is 5.73 Å². The van der Waals surface area contributed by atoms with Crippen molar-refractivity contribution in [3.63, 3.8) is 0 Å². The lowest BCUT2D eigenvalue weighted by Gasteiger charge is -2.24. The first-order valence-corrected chi connectivity index (χ1v) is 8.08. The van der Waals surface area contributed by atoms with Gasteiger partial charge in [-0.3, -0.25) is 0 Å². The minimum Gasteiger partial charge on any atom is -0.338 e. The van der Waals surface area contributed by atoms with Gasteiger partial charge in [0, 0.05) is 16.6 Å². The number of benzene rings is 1. The lowest BCUT2D eigenvalue weighted by molar-refractivity contribution is 0.267. The average Bonchev–Trinajstić information content (AvgIpc) is 2.97. The maximum atomic E-state index is 5.94. The Kier molecular flexibility index (Phi) is 4.84. The first-order chi connectivity index (χ1) is 9.97. The van der Waals surface area contributed by atoms with Crippen molar-refractivity contribution in [1.82, 2.24) is 10.1 Å². The van der Waals surface area contributed by atoms with Gasteiger partial charge in [-0.2, -0.15) is 4.98 Å². The normalized spacial score (nSPS) is 11.9. The summed E-state index contributed by atoms with van der Waals surface area (Å²) in [6.07, 6.45) is 1.78. The lowest BCUT2D eigenvalue weighted by Crippen LogP contribution is -2.34. The van der Waals surface area contributed by atoms with Crippen LogP contribution in [0.25, 0.3) is 11.4 Å². The second-order valence-corrected chi connectivity index (χ2v) is 6.33. The molecule has 114 valence electrons. The largest absolute Gasteiger partial charge is 0.338 e. The highest BCUT2D eigenvalue weighted by Gasteiger charge is 2.33. The highest BCUT2D eigenvalue weighted by Crippen LogP contribution is 2.32. The Balaban J connectivity index is 2.45. The van der Waals surface area contributed by atoms with Crippen molar-refractivity contribution in [3.8, 4) is 11.4 Å². The van der Waals surface area contributed by atoms with Gasteiger partial charge in [-0.05, 0) is 49.9 Å². The standard InChI is InChI=1S/C16H22BrN3O/c1-5-16(6-2,9-18)15-19-14(20-21-15)12-7-10(3)13(17)11(4)8-12/h7-8H,5-6,9,18H2,1-4H3. The zero-order valence-electron chi connectivity index (χ0n) is 13.0. The van der Waals surface area contributed by atoms with E-state index < -0.39 is 0 Å². The Hall–Kier alpha value is -1.20. The van der Waals surface area contributed by atoms with Gasteiger partial charge >= 0.3 is 0 Å². The van der Waals surface area contributed by atoms with Crippen LogP contribution in [0, 0.1) is 13.8 Å². The molecule has 0 aliphatic heterocycles. The Labute approximate surface area is 134 Å². The molecule has 0 spiro atoms. The van der Waals surface area contributed by atoms with Crippen molar-refractivity contribution in [1.29, 1.82) is 0 Å². The molecule has 1 heterocycles. The van der Waals surface area contributed by atoms with E-state index in [0.29, 0.717) is 18.3 Å². The molecule has 0 amide bonds. The second kappa shape index (κ2) is 6.28. The van der Waals surface area contributed by atoms with E-state index in [4.69, 9.17) is 10.3 Å². The fourth-order valence-electron chi connectivity index (χ4n) is 2.56. The van der Waals surface area contributed by atoms with Crippen molar-refractivity contribution >= 4 is 15.9 Å². The Morgan fingerprint density at radius 1 is 1.19 bits per heavy atom. The molecule has 4 nitrogen and oxygen atoms in total. The summed E-state index contributed by atoms with van der Waals surface area (Å²) >= 11 is 3.58. The maximum absolute atomic E-state index is 5.94. The summed E-state index contributed by atoms with van der Waals surface area (Å²) in [6, 6.07) is 4.13. The molecular weight excluding hydrogens is 330 g/mol. The molecule has 2 rings (SSSR count). The molecule has 0 fully saturated rings. The van der Waals surface area contributed by atoms with E-state index in [1.54, 1.807) is 0 Å². The SMILES string of the molecule is CCC(CC)(CN)c1nc(-c2cc(C)c(Br)c(C)c2)no1. The third-order valence-corrected chi connectivity index (χ3v) is 5.57. The third-order valence-electron chi connectivity index (χ3n) is 4.32. The van der Waals surface area contributed by atoms with Gasteiger partial charge in [0.1, 0.15) is 0 Å². The summed E-state index contributed by atoms with van der Waals surface area (Å²) in [4.78, 5) is 4.60. The van der Waals surface area contributed by atoms with E-state index in [2.05, 4.69) is 65.9 Å². The number of aryl methyl sites for hydroxylation is 2. The Morgan fingerprint density at radius 2 is 1.76 bits per heavy atom. The zero-order chi connectivity index (χ0) is 15.6. The number of hydrogen-bond acceptors (Lipinski definition) is 4. The molecule has 0 aliphatic rings. The van der Waals surface area contributed by atoms with Gasteiger partial charge < -0.3 is 10.3 Å². The summed E-state index contributed by atoms with van der Waals surface area (Å²) in [7, 11) is 0. The first-order valence-electron chi connectivity index (χ1n) is 7.28. The molecule has 1 aromatic heterocycles. The molecule has 2 N–H and O–H groups in total. The van der Waals surface area contributed by atoms with Crippen LogP contribution in [0.4, 0.5) is 0 Å². The van der Waals surface area contributed by atoms with Gasteiger partial charge in [-0.25, -0.2) is 0 Å². The fourth-order valence-corrected chi connectivity index (χ4v) is 2.79. The molecule has 21 heavy (non-hydrogen) atoms. The van der Waals surface area contributed by atoms with Crippen molar-refractivity contribution in [2.45, 2.75) is 46.0 Å². The molecule has 2 aromatic rings. The molecule has 0 radical (unpaired) electrons. The quantitative estimate of drug-likeness (QED) is 0.879. The van der Waals surface area contributed by atoms with E-state index in [1.807, 2.05) is 0 Å². The van der Waals surface area contributed by atoms with Gasteiger partial charge in [0.2, 0.25) is 11.7 Å². The van der Waals surface area contributed by atoms with Gasteiger partial charge in [0.15, 0.2) is 0 Å². The van der Waals surface area contributed by atoms with E-state index in [-0.39, 0.29) is 5.41 Å². The van der Waals surface area contributed by atoms with Gasteiger partial charge in [-0.15, -0.1) is 0 Å². The summed E-state index contributed by atoms with van der Waals surface area (Å²) in [5.41, 5.74) is 9.02. The number of halogens is 1. The summed E-state index contributed by atoms with van der Waals surface area (Å²) in [6.45, 7) is 8.84. The van der Waals surface area contributed by atoms with Crippen LogP contribution in [0.3, 0.4) is 0 Å². The number of hydrogen-bond donors (Lipinski definition) is 1. The van der Waals surface area contributed by atoms with Crippen molar-refractivity contribution in [2.75, 3.05) is 6.54 Å². The fraction of sp³-hybridized carbons (Fsp3) is 0.500. The van der Waals surface area contributed by atoms with Gasteiger partial charge in [0.05, 0.1) is 5.41 Å². The first kappa shape index (κ1) is 16.2. The predicted octanol–water partition coefficient (Wildman–Crippen LogP) is 4.13.